The number of alkyl halides is 1. The molecule has 1 aromatic rings. The molecule has 0 saturated carbocycles. The summed E-state index contributed by atoms with van der Waals surface area (Å²) in [4.78, 5) is 0. The zero-order valence-electron chi connectivity index (χ0n) is 8.37. The Morgan fingerprint density at radius 2 is 2.13 bits per heavy atom. The molecule has 0 heterocycles. The minimum absolute atomic E-state index is 0.104. The minimum atomic E-state index is -0.342. The van der Waals surface area contributed by atoms with Crippen molar-refractivity contribution in [2.45, 2.75) is 31.6 Å². The minimum Gasteiger partial charge on any atom is -0.205 e. The van der Waals surface area contributed by atoms with Crippen LogP contribution in [0.5, 0.6) is 0 Å². The van der Waals surface area contributed by atoms with Gasteiger partial charge in [0.15, 0.2) is 0 Å². The van der Waals surface area contributed by atoms with Crippen LogP contribution in [0.25, 0.3) is 0 Å². The Labute approximate surface area is 108 Å². The summed E-state index contributed by atoms with van der Waals surface area (Å²) in [7, 11) is 0. The van der Waals surface area contributed by atoms with Crippen molar-refractivity contribution in [3.05, 3.63) is 33.0 Å². The summed E-state index contributed by atoms with van der Waals surface area (Å²) < 4.78 is 14.2. The molecular weight excluding hydrogens is 302 g/mol. The molecule has 15 heavy (non-hydrogen) atoms. The largest absolute Gasteiger partial charge is 0.205 e. The van der Waals surface area contributed by atoms with E-state index in [2.05, 4.69) is 15.9 Å². The molecule has 0 radical (unpaired) electrons. The Balaban J connectivity index is 2.74. The van der Waals surface area contributed by atoms with Crippen LogP contribution in [-0.4, -0.2) is 5.38 Å². The molecule has 0 nitrogen and oxygen atoms in total. The zero-order chi connectivity index (χ0) is 11.4. The third-order valence-electron chi connectivity index (χ3n) is 2.29. The molecule has 0 bridgehead atoms. The summed E-state index contributed by atoms with van der Waals surface area (Å²) in [5.41, 5.74) is 0.627. The highest BCUT2D eigenvalue weighted by Gasteiger charge is 2.11. The Hall–Kier alpha value is 0.210. The number of aryl methyl sites for hydroxylation is 1. The fraction of sp³-hybridized carbons (Fsp3) is 0.455. The van der Waals surface area contributed by atoms with E-state index in [1.807, 2.05) is 6.92 Å². The Morgan fingerprint density at radius 1 is 1.47 bits per heavy atom. The summed E-state index contributed by atoms with van der Waals surface area (Å²) in [5, 5.41) is 0.252. The van der Waals surface area contributed by atoms with Gasteiger partial charge < -0.3 is 0 Å². The van der Waals surface area contributed by atoms with Crippen molar-refractivity contribution in [1.82, 2.24) is 0 Å². The molecule has 0 saturated heterocycles. The maximum absolute atomic E-state index is 13.6. The lowest BCUT2D eigenvalue weighted by Gasteiger charge is -2.08. The maximum Gasteiger partial charge on any atom is 0.146 e. The Morgan fingerprint density at radius 3 is 2.73 bits per heavy atom. The van der Waals surface area contributed by atoms with Gasteiger partial charge in [-0.3, -0.25) is 0 Å². The summed E-state index contributed by atoms with van der Waals surface area (Å²) >= 11 is 14.9. The van der Waals surface area contributed by atoms with E-state index in [1.54, 1.807) is 12.1 Å². The van der Waals surface area contributed by atoms with Gasteiger partial charge >= 0.3 is 0 Å². The van der Waals surface area contributed by atoms with Crippen LogP contribution in [0, 0.1) is 5.82 Å². The number of hydrogen-bond acceptors (Lipinski definition) is 0. The van der Waals surface area contributed by atoms with Crippen LogP contribution >= 0.6 is 39.1 Å². The summed E-state index contributed by atoms with van der Waals surface area (Å²) in [6, 6.07) is 3.50. The molecule has 1 unspecified atom stereocenters. The van der Waals surface area contributed by atoms with Crippen molar-refractivity contribution in [2.75, 3.05) is 0 Å². The van der Waals surface area contributed by atoms with Crippen molar-refractivity contribution in [2.24, 2.45) is 0 Å². The molecule has 0 aromatic heterocycles. The summed E-state index contributed by atoms with van der Waals surface area (Å²) in [6.07, 6.45) is 2.29. The Kier molecular flexibility index (Phi) is 5.37. The van der Waals surface area contributed by atoms with Crippen LogP contribution in [0.4, 0.5) is 4.39 Å². The van der Waals surface area contributed by atoms with E-state index in [4.69, 9.17) is 23.2 Å². The van der Waals surface area contributed by atoms with Gasteiger partial charge in [-0.2, -0.15) is 0 Å². The van der Waals surface area contributed by atoms with Gasteiger partial charge in [0.2, 0.25) is 0 Å². The van der Waals surface area contributed by atoms with Gasteiger partial charge in [0.25, 0.3) is 0 Å². The first-order chi connectivity index (χ1) is 7.06. The molecule has 0 spiro atoms. The molecule has 0 aliphatic heterocycles. The van der Waals surface area contributed by atoms with E-state index in [9.17, 15) is 4.39 Å². The second kappa shape index (κ2) is 6.07. The average molecular weight is 314 g/mol. The second-order valence-corrected chi connectivity index (χ2v) is 5.23. The lowest BCUT2D eigenvalue weighted by atomic mass is 10.1. The lowest BCUT2D eigenvalue weighted by Crippen LogP contribution is -2.00. The number of halogens is 4. The first kappa shape index (κ1) is 13.3. The fourth-order valence-corrected chi connectivity index (χ4v) is 1.87. The molecule has 0 amide bonds. The van der Waals surface area contributed by atoms with Gasteiger partial charge in [-0.25, -0.2) is 4.39 Å². The molecule has 84 valence electrons. The summed E-state index contributed by atoms with van der Waals surface area (Å²) in [6.45, 7) is 2.02. The van der Waals surface area contributed by atoms with Gasteiger partial charge in [-0.15, -0.1) is 11.6 Å². The highest BCUT2D eigenvalue weighted by Crippen LogP contribution is 2.28. The molecule has 1 aromatic carbocycles. The predicted octanol–water partition coefficient (Wildman–Crippen LogP) is 5.19. The topological polar surface area (TPSA) is 0 Å². The maximum atomic E-state index is 13.6. The van der Waals surface area contributed by atoms with E-state index in [-0.39, 0.29) is 16.2 Å². The van der Waals surface area contributed by atoms with Crippen LogP contribution < -0.4 is 0 Å². The van der Waals surface area contributed by atoms with Crippen molar-refractivity contribution in [1.29, 1.82) is 0 Å². The molecular formula is C11H12BrCl2F. The number of rotatable bonds is 4. The van der Waals surface area contributed by atoms with Crippen molar-refractivity contribution in [3.63, 3.8) is 0 Å². The standard InChI is InChI=1S/C11H12BrCl2F/c1-2-8(13)5-3-7-4-6-9(12)10(14)11(7)15/h4,6,8H,2-3,5H2,1H3. The van der Waals surface area contributed by atoms with Crippen LogP contribution in [-0.2, 0) is 6.42 Å². The molecule has 0 fully saturated rings. The van der Waals surface area contributed by atoms with E-state index < -0.39 is 0 Å². The third kappa shape index (κ3) is 3.61. The van der Waals surface area contributed by atoms with Gasteiger partial charge in [-0.05, 0) is 46.8 Å². The highest BCUT2D eigenvalue weighted by atomic mass is 79.9. The van der Waals surface area contributed by atoms with E-state index in [0.717, 1.165) is 12.8 Å². The van der Waals surface area contributed by atoms with Gasteiger partial charge in [0, 0.05) is 9.85 Å². The SMILES string of the molecule is CCC(Cl)CCc1ccc(Br)c(Cl)c1F. The number of hydrogen-bond donors (Lipinski definition) is 0. The highest BCUT2D eigenvalue weighted by molar-refractivity contribution is 9.10. The molecule has 1 rings (SSSR count). The molecule has 0 aliphatic rings. The van der Waals surface area contributed by atoms with E-state index in [0.29, 0.717) is 16.5 Å². The van der Waals surface area contributed by atoms with Crippen LogP contribution in [0.2, 0.25) is 5.02 Å². The van der Waals surface area contributed by atoms with Gasteiger partial charge in [-0.1, -0.05) is 24.6 Å². The quantitative estimate of drug-likeness (QED) is 0.530. The lowest BCUT2D eigenvalue weighted by molar-refractivity contribution is 0.599. The Bertz CT molecular complexity index is 342. The molecule has 0 aliphatic carbocycles. The summed E-state index contributed by atoms with van der Waals surface area (Å²) in [5.74, 6) is -0.342. The second-order valence-electron chi connectivity index (χ2n) is 3.38. The monoisotopic (exact) mass is 312 g/mol. The first-order valence-corrected chi connectivity index (χ1v) is 6.43. The molecule has 1 atom stereocenters. The van der Waals surface area contributed by atoms with Gasteiger partial charge in [0.1, 0.15) is 5.82 Å². The van der Waals surface area contributed by atoms with Crippen LogP contribution in [0.3, 0.4) is 0 Å². The van der Waals surface area contributed by atoms with Crippen LogP contribution in [0.15, 0.2) is 16.6 Å². The molecule has 4 heteroatoms. The van der Waals surface area contributed by atoms with E-state index in [1.165, 1.54) is 0 Å². The van der Waals surface area contributed by atoms with Crippen LogP contribution in [0.1, 0.15) is 25.3 Å². The number of benzene rings is 1. The smallest absolute Gasteiger partial charge is 0.146 e. The van der Waals surface area contributed by atoms with Crippen molar-refractivity contribution >= 4 is 39.1 Å². The average Bonchev–Trinajstić information content (AvgIpc) is 2.24. The molecule has 0 N–H and O–H groups in total. The van der Waals surface area contributed by atoms with E-state index >= 15 is 0 Å². The first-order valence-electron chi connectivity index (χ1n) is 4.82. The normalized spacial score (nSPS) is 12.9. The van der Waals surface area contributed by atoms with Crippen molar-refractivity contribution in [3.8, 4) is 0 Å². The van der Waals surface area contributed by atoms with Crippen molar-refractivity contribution < 1.29 is 4.39 Å². The fourth-order valence-electron chi connectivity index (χ4n) is 1.28. The predicted molar refractivity (Wildman–Crippen MR) is 67.4 cm³/mol. The third-order valence-corrected chi connectivity index (χ3v) is 4.07. The zero-order valence-corrected chi connectivity index (χ0v) is 11.5. The van der Waals surface area contributed by atoms with Gasteiger partial charge in [0.05, 0.1) is 5.02 Å².